The number of carboxylic acid groups (broad SMARTS) is 1. The van der Waals surface area contributed by atoms with Crippen LogP contribution in [0, 0.1) is 0 Å². The van der Waals surface area contributed by atoms with Crippen molar-refractivity contribution in [2.45, 2.75) is 257 Å². The molecule has 1 N–H and O–H groups in total. The molecule has 350 valence electrons. The monoisotopic (exact) mass is 841 g/mol. The molecule has 0 aliphatic carbocycles. The highest BCUT2D eigenvalue weighted by atomic mass is 16.7. The largest absolute Gasteiger partial charge is 0.477 e. The Kier molecular flexibility index (Phi) is 41.7. The number of hydrogen-bond acceptors (Lipinski definition) is 7. The lowest BCUT2D eigenvalue weighted by Gasteiger charge is -2.25. The maximum atomic E-state index is 12.8. The molecule has 9 nitrogen and oxygen atoms in total. The second kappa shape index (κ2) is 43.0. The number of carbonyl (C=O) groups excluding carboxylic acids is 2. The van der Waals surface area contributed by atoms with Gasteiger partial charge in [0.2, 0.25) is 0 Å². The van der Waals surface area contributed by atoms with Gasteiger partial charge in [-0.3, -0.25) is 9.59 Å². The zero-order valence-corrected chi connectivity index (χ0v) is 39.7. The number of quaternary nitrogens is 1. The average molecular weight is 841 g/mol. The Hall–Kier alpha value is -1.71. The zero-order chi connectivity index (χ0) is 43.5. The molecule has 9 heteroatoms. The van der Waals surface area contributed by atoms with Crippen molar-refractivity contribution in [3.05, 3.63) is 0 Å². The summed E-state index contributed by atoms with van der Waals surface area (Å²) in [5, 5.41) is 9.66. The Bertz CT molecular complexity index is 938. The molecule has 0 amide bonds. The number of carbonyl (C=O) groups is 3. The van der Waals surface area contributed by atoms with Gasteiger partial charge in [0.25, 0.3) is 6.29 Å². The summed E-state index contributed by atoms with van der Waals surface area (Å²) in [6, 6.07) is 0. The number of carboxylic acids is 1. The third kappa shape index (κ3) is 44.2. The van der Waals surface area contributed by atoms with Crippen LogP contribution in [-0.2, 0) is 33.3 Å². The highest BCUT2D eigenvalue weighted by molar-refractivity contribution is 5.71. The van der Waals surface area contributed by atoms with E-state index in [-0.39, 0.29) is 38.2 Å². The molecule has 0 radical (unpaired) electrons. The predicted molar refractivity (Wildman–Crippen MR) is 245 cm³/mol. The molecule has 59 heavy (non-hydrogen) atoms. The Morgan fingerprint density at radius 1 is 0.441 bits per heavy atom. The van der Waals surface area contributed by atoms with E-state index in [1.165, 1.54) is 180 Å². The molecule has 0 bridgehead atoms. The molecule has 0 aliphatic heterocycles. The first-order valence-corrected chi connectivity index (χ1v) is 25.2. The van der Waals surface area contributed by atoms with Gasteiger partial charge in [-0.25, -0.2) is 4.79 Å². The SMILES string of the molecule is CCCCCCCCCCCCCCCCCCCC(=O)OCC(COC(OCC[N+](C)(C)C)C(=O)O)OC(=O)CCCCCCCCCCCCCCCCCCC. The maximum Gasteiger partial charge on any atom is 0.361 e. The van der Waals surface area contributed by atoms with Crippen molar-refractivity contribution < 1.29 is 42.9 Å². The lowest BCUT2D eigenvalue weighted by Crippen LogP contribution is -2.40. The molecular weight excluding hydrogens is 743 g/mol. The van der Waals surface area contributed by atoms with E-state index in [1.54, 1.807) is 0 Å². The second-order valence-corrected chi connectivity index (χ2v) is 18.5. The van der Waals surface area contributed by atoms with Gasteiger partial charge in [-0.1, -0.05) is 219 Å². The van der Waals surface area contributed by atoms with Crippen LogP contribution in [0.1, 0.15) is 245 Å². The molecule has 0 aromatic heterocycles. The molecule has 0 aliphatic rings. The van der Waals surface area contributed by atoms with Crippen LogP contribution in [0.15, 0.2) is 0 Å². The summed E-state index contributed by atoms with van der Waals surface area (Å²) >= 11 is 0. The summed E-state index contributed by atoms with van der Waals surface area (Å²) < 4.78 is 22.8. The smallest absolute Gasteiger partial charge is 0.361 e. The van der Waals surface area contributed by atoms with Gasteiger partial charge < -0.3 is 28.5 Å². The van der Waals surface area contributed by atoms with Gasteiger partial charge in [0, 0.05) is 12.8 Å². The fourth-order valence-electron chi connectivity index (χ4n) is 7.43. The molecular formula is C50H98NO8+. The Morgan fingerprint density at radius 2 is 0.763 bits per heavy atom. The normalized spacial score (nSPS) is 12.8. The van der Waals surface area contributed by atoms with E-state index in [0.29, 0.717) is 17.4 Å². The van der Waals surface area contributed by atoms with E-state index in [2.05, 4.69) is 13.8 Å². The van der Waals surface area contributed by atoms with Gasteiger partial charge in [0.15, 0.2) is 6.10 Å². The topological polar surface area (TPSA) is 108 Å². The van der Waals surface area contributed by atoms with Crippen LogP contribution in [0.2, 0.25) is 0 Å². The third-order valence-electron chi connectivity index (χ3n) is 11.4. The Morgan fingerprint density at radius 3 is 1.08 bits per heavy atom. The molecule has 0 aromatic carbocycles. The van der Waals surface area contributed by atoms with Crippen LogP contribution in [0.4, 0.5) is 0 Å². The predicted octanol–water partition coefficient (Wildman–Crippen LogP) is 13.7. The first-order chi connectivity index (χ1) is 28.6. The van der Waals surface area contributed by atoms with Gasteiger partial charge >= 0.3 is 17.9 Å². The van der Waals surface area contributed by atoms with Gasteiger partial charge in [0.1, 0.15) is 13.2 Å². The number of hydrogen-bond donors (Lipinski definition) is 1. The van der Waals surface area contributed by atoms with Crippen LogP contribution in [0.5, 0.6) is 0 Å². The highest BCUT2D eigenvalue weighted by Gasteiger charge is 2.25. The van der Waals surface area contributed by atoms with Gasteiger partial charge in [0.05, 0.1) is 34.4 Å². The quantitative estimate of drug-likeness (QED) is 0.0279. The first-order valence-electron chi connectivity index (χ1n) is 25.2. The lowest BCUT2D eigenvalue weighted by atomic mass is 10.0. The molecule has 0 aromatic rings. The van der Waals surface area contributed by atoms with E-state index in [1.807, 2.05) is 21.1 Å². The lowest BCUT2D eigenvalue weighted by molar-refractivity contribution is -0.870. The van der Waals surface area contributed by atoms with Crippen molar-refractivity contribution in [1.29, 1.82) is 0 Å². The molecule has 0 saturated heterocycles. The van der Waals surface area contributed by atoms with Crippen molar-refractivity contribution in [2.75, 3.05) is 47.5 Å². The number of rotatable bonds is 47. The van der Waals surface area contributed by atoms with Gasteiger partial charge in [-0.05, 0) is 12.8 Å². The number of aliphatic carboxylic acids is 1. The summed E-state index contributed by atoms with van der Waals surface area (Å²) in [5.74, 6) is -1.98. The number of likely N-dealkylation sites (N-methyl/N-ethyl adjacent to an activating group) is 1. The highest BCUT2D eigenvalue weighted by Crippen LogP contribution is 2.17. The molecule has 0 saturated carbocycles. The Balaban J connectivity index is 4.31. The summed E-state index contributed by atoms with van der Waals surface area (Å²) in [7, 11) is 5.97. The number of nitrogens with zero attached hydrogens (tertiary/aromatic N) is 1. The Labute approximate surface area is 364 Å². The average Bonchev–Trinajstić information content (AvgIpc) is 3.19. The van der Waals surface area contributed by atoms with Crippen LogP contribution in [0.25, 0.3) is 0 Å². The standard InChI is InChI=1S/C50H97NO8/c1-6-8-10-12-14-16-18-20-22-24-26-28-30-32-34-36-38-40-47(52)57-44-46(45-58-50(49(54)55)56-43-42-51(3,4)5)59-48(53)41-39-37-35-33-31-29-27-25-23-21-19-17-15-13-11-9-7-2/h46,50H,6-45H2,1-5H3/p+1. The fourth-order valence-corrected chi connectivity index (χ4v) is 7.43. The molecule has 2 unspecified atom stereocenters. The minimum Gasteiger partial charge on any atom is -0.477 e. The first kappa shape index (κ1) is 57.3. The maximum absolute atomic E-state index is 12.8. The van der Waals surface area contributed by atoms with E-state index in [9.17, 15) is 19.5 Å². The van der Waals surface area contributed by atoms with Crippen LogP contribution < -0.4 is 0 Å². The molecule has 0 heterocycles. The van der Waals surface area contributed by atoms with Crippen LogP contribution in [0.3, 0.4) is 0 Å². The van der Waals surface area contributed by atoms with Gasteiger partial charge in [-0.2, -0.15) is 0 Å². The van der Waals surface area contributed by atoms with Crippen molar-refractivity contribution in [2.24, 2.45) is 0 Å². The summed E-state index contributed by atoms with van der Waals surface area (Å²) in [4.78, 5) is 37.2. The van der Waals surface area contributed by atoms with E-state index in [0.717, 1.165) is 38.5 Å². The van der Waals surface area contributed by atoms with Crippen molar-refractivity contribution >= 4 is 17.9 Å². The van der Waals surface area contributed by atoms with Gasteiger partial charge in [-0.15, -0.1) is 0 Å². The molecule has 0 rings (SSSR count). The van der Waals surface area contributed by atoms with Crippen molar-refractivity contribution in [3.63, 3.8) is 0 Å². The summed E-state index contributed by atoms with van der Waals surface area (Å²) in [6.45, 7) is 4.92. The number of unbranched alkanes of at least 4 members (excludes halogenated alkanes) is 32. The minimum atomic E-state index is -1.50. The molecule has 0 fully saturated rings. The molecule has 2 atom stereocenters. The van der Waals surface area contributed by atoms with E-state index < -0.39 is 18.4 Å². The van der Waals surface area contributed by atoms with Crippen LogP contribution >= 0.6 is 0 Å². The number of ether oxygens (including phenoxy) is 4. The van der Waals surface area contributed by atoms with Crippen molar-refractivity contribution in [1.82, 2.24) is 0 Å². The van der Waals surface area contributed by atoms with Crippen molar-refractivity contribution in [3.8, 4) is 0 Å². The van der Waals surface area contributed by atoms with E-state index in [4.69, 9.17) is 18.9 Å². The fraction of sp³-hybridized carbons (Fsp3) is 0.940. The zero-order valence-electron chi connectivity index (χ0n) is 39.7. The van der Waals surface area contributed by atoms with E-state index >= 15 is 0 Å². The summed E-state index contributed by atoms with van der Waals surface area (Å²) in [5.41, 5.74) is 0. The van der Waals surface area contributed by atoms with Crippen LogP contribution in [-0.4, -0.2) is 87.4 Å². The summed E-state index contributed by atoms with van der Waals surface area (Å²) in [6.07, 6.45) is 41.6. The number of esters is 2. The molecule has 0 spiro atoms. The third-order valence-corrected chi connectivity index (χ3v) is 11.4. The minimum absolute atomic E-state index is 0.173. The second-order valence-electron chi connectivity index (χ2n) is 18.5.